The van der Waals surface area contributed by atoms with Crippen LogP contribution < -0.4 is 20.2 Å². The summed E-state index contributed by atoms with van der Waals surface area (Å²) in [7, 11) is 2.89. The van der Waals surface area contributed by atoms with Crippen molar-refractivity contribution in [1.29, 1.82) is 0 Å². The van der Waals surface area contributed by atoms with Crippen molar-refractivity contribution in [3.63, 3.8) is 0 Å². The van der Waals surface area contributed by atoms with Crippen LogP contribution in [0.3, 0.4) is 0 Å². The molecule has 0 unspecified atom stereocenters. The van der Waals surface area contributed by atoms with Gasteiger partial charge in [-0.15, -0.1) is 0 Å². The highest BCUT2D eigenvalue weighted by atomic mass is 16.5. The van der Waals surface area contributed by atoms with Crippen LogP contribution in [-0.2, 0) is 14.3 Å². The Balaban J connectivity index is 1.56. The number of urea groups is 1. The van der Waals surface area contributed by atoms with Crippen LogP contribution in [0.4, 0.5) is 4.79 Å². The lowest BCUT2D eigenvalue weighted by Gasteiger charge is -2.30. The summed E-state index contributed by atoms with van der Waals surface area (Å²) in [5.41, 5.74) is 1.42. The first-order chi connectivity index (χ1) is 13.9. The van der Waals surface area contributed by atoms with Crippen molar-refractivity contribution in [2.45, 2.75) is 37.6 Å². The van der Waals surface area contributed by atoms with E-state index < -0.39 is 36.0 Å². The third-order valence-electron chi connectivity index (χ3n) is 5.06. The summed E-state index contributed by atoms with van der Waals surface area (Å²) in [5.74, 6) is -1.26. The fraction of sp³-hybridized carbons (Fsp3) is 0.474. The average molecular weight is 405 g/mol. The van der Waals surface area contributed by atoms with E-state index in [0.717, 1.165) is 19.3 Å². The molecule has 10 nitrogen and oxygen atoms in total. The van der Waals surface area contributed by atoms with Crippen LogP contribution in [-0.4, -0.2) is 55.2 Å². The summed E-state index contributed by atoms with van der Waals surface area (Å²) in [6, 6.07) is 3.73. The maximum Gasteiger partial charge on any atom is 0.344 e. The minimum absolute atomic E-state index is 0.159. The smallest absolute Gasteiger partial charge is 0.344 e. The van der Waals surface area contributed by atoms with Crippen molar-refractivity contribution in [3.05, 3.63) is 23.8 Å². The zero-order valence-corrected chi connectivity index (χ0v) is 16.3. The van der Waals surface area contributed by atoms with Crippen LogP contribution in [0.15, 0.2) is 18.2 Å². The van der Waals surface area contributed by atoms with E-state index in [0.29, 0.717) is 29.3 Å². The standard InChI is InChI=1S/C19H23N3O7/c1-27-13-7-6-12(10-14(13)28-2)16(24)29-11-15(23)21-22-17(25)19(20-18(22)26)8-4-3-5-9-19/h6-7,10H,3-5,8-9,11H2,1-2H3,(H,20,26)(H,21,23). The van der Waals surface area contributed by atoms with Crippen LogP contribution in [0.5, 0.6) is 11.5 Å². The summed E-state index contributed by atoms with van der Waals surface area (Å²) in [5, 5.41) is 3.34. The fourth-order valence-corrected chi connectivity index (χ4v) is 3.55. The quantitative estimate of drug-likeness (QED) is 0.537. The normalized spacial score (nSPS) is 17.7. The monoisotopic (exact) mass is 405 g/mol. The van der Waals surface area contributed by atoms with E-state index >= 15 is 0 Å². The van der Waals surface area contributed by atoms with Gasteiger partial charge in [-0.1, -0.05) is 19.3 Å². The lowest BCUT2D eigenvalue weighted by atomic mass is 9.82. The largest absolute Gasteiger partial charge is 0.493 e. The Labute approximate surface area is 167 Å². The molecule has 0 radical (unpaired) electrons. The third-order valence-corrected chi connectivity index (χ3v) is 5.06. The van der Waals surface area contributed by atoms with Crippen LogP contribution in [0.1, 0.15) is 42.5 Å². The van der Waals surface area contributed by atoms with Gasteiger partial charge >= 0.3 is 12.0 Å². The molecule has 2 aliphatic rings. The molecule has 2 N–H and O–H groups in total. The first-order valence-electron chi connectivity index (χ1n) is 9.25. The molecule has 0 bridgehead atoms. The van der Waals surface area contributed by atoms with Gasteiger partial charge in [0, 0.05) is 0 Å². The molecule has 1 saturated heterocycles. The predicted octanol–water partition coefficient (Wildman–Crippen LogP) is 1.15. The van der Waals surface area contributed by atoms with Crippen molar-refractivity contribution in [2.24, 2.45) is 0 Å². The molecule has 29 heavy (non-hydrogen) atoms. The molecule has 0 aromatic heterocycles. The Morgan fingerprint density at radius 3 is 2.45 bits per heavy atom. The summed E-state index contributed by atoms with van der Waals surface area (Å²) >= 11 is 0. The summed E-state index contributed by atoms with van der Waals surface area (Å²) in [6.45, 7) is -0.656. The number of carbonyl (C=O) groups is 4. The molecule has 1 saturated carbocycles. The van der Waals surface area contributed by atoms with Crippen molar-refractivity contribution in [2.75, 3.05) is 20.8 Å². The van der Waals surface area contributed by atoms with Gasteiger partial charge in [0.15, 0.2) is 18.1 Å². The molecule has 1 aliphatic heterocycles. The summed E-state index contributed by atoms with van der Waals surface area (Å²) in [6.07, 6.45) is 3.74. The highest BCUT2D eigenvalue weighted by Gasteiger charge is 2.52. The Morgan fingerprint density at radius 2 is 1.79 bits per heavy atom. The number of imide groups is 1. The van der Waals surface area contributed by atoms with Gasteiger partial charge in [0.05, 0.1) is 19.8 Å². The van der Waals surface area contributed by atoms with E-state index in [-0.39, 0.29) is 5.56 Å². The van der Waals surface area contributed by atoms with Crippen LogP contribution in [0, 0.1) is 0 Å². The molecule has 10 heteroatoms. The molecule has 156 valence electrons. The van der Waals surface area contributed by atoms with Gasteiger partial charge in [-0.3, -0.25) is 15.0 Å². The van der Waals surface area contributed by atoms with E-state index in [1.807, 2.05) is 0 Å². The lowest BCUT2D eigenvalue weighted by Crippen LogP contribution is -2.51. The second-order valence-electron chi connectivity index (χ2n) is 6.89. The molecule has 1 aromatic rings. The van der Waals surface area contributed by atoms with Gasteiger partial charge in [0.1, 0.15) is 5.54 Å². The zero-order valence-electron chi connectivity index (χ0n) is 16.3. The number of nitrogens with one attached hydrogen (secondary N) is 2. The molecule has 0 atom stereocenters. The number of rotatable bonds is 6. The van der Waals surface area contributed by atoms with Gasteiger partial charge in [-0.05, 0) is 31.0 Å². The Morgan fingerprint density at radius 1 is 1.10 bits per heavy atom. The maximum atomic E-state index is 12.6. The molecule has 1 spiro atoms. The van der Waals surface area contributed by atoms with Crippen LogP contribution >= 0.6 is 0 Å². The number of benzene rings is 1. The van der Waals surface area contributed by atoms with Crippen molar-refractivity contribution < 1.29 is 33.4 Å². The number of hydrogen-bond acceptors (Lipinski definition) is 7. The summed E-state index contributed by atoms with van der Waals surface area (Å²) < 4.78 is 15.2. The first kappa shape index (κ1) is 20.4. The lowest BCUT2D eigenvalue weighted by molar-refractivity contribution is -0.140. The number of nitrogens with zero attached hydrogens (tertiary/aromatic N) is 1. The minimum Gasteiger partial charge on any atom is -0.493 e. The predicted molar refractivity (Wildman–Crippen MR) is 99.2 cm³/mol. The third kappa shape index (κ3) is 4.10. The SMILES string of the molecule is COc1ccc(C(=O)OCC(=O)NN2C(=O)NC3(CCCCC3)C2=O)cc1OC. The van der Waals surface area contributed by atoms with Gasteiger partial charge in [-0.2, -0.15) is 5.01 Å². The Bertz CT molecular complexity index is 833. The Hall–Kier alpha value is -3.30. The number of methoxy groups -OCH3 is 2. The summed E-state index contributed by atoms with van der Waals surface area (Å²) in [4.78, 5) is 49.0. The van der Waals surface area contributed by atoms with E-state index in [9.17, 15) is 19.2 Å². The zero-order chi connectivity index (χ0) is 21.0. The number of ether oxygens (including phenoxy) is 3. The molecule has 1 aromatic carbocycles. The number of hydrogen-bond donors (Lipinski definition) is 2. The van der Waals surface area contributed by atoms with E-state index in [1.54, 1.807) is 0 Å². The van der Waals surface area contributed by atoms with Crippen molar-refractivity contribution in [3.8, 4) is 11.5 Å². The van der Waals surface area contributed by atoms with Gasteiger partial charge < -0.3 is 19.5 Å². The maximum absolute atomic E-state index is 12.6. The topological polar surface area (TPSA) is 123 Å². The first-order valence-corrected chi connectivity index (χ1v) is 9.25. The van der Waals surface area contributed by atoms with Crippen molar-refractivity contribution in [1.82, 2.24) is 15.8 Å². The van der Waals surface area contributed by atoms with Gasteiger partial charge in [0.2, 0.25) is 0 Å². The number of amides is 4. The highest BCUT2D eigenvalue weighted by Crippen LogP contribution is 2.33. The second kappa shape index (κ2) is 8.38. The second-order valence-corrected chi connectivity index (χ2v) is 6.89. The molecule has 1 aliphatic carbocycles. The number of hydrazine groups is 1. The molecule has 4 amide bonds. The van der Waals surface area contributed by atoms with Crippen molar-refractivity contribution >= 4 is 23.8 Å². The van der Waals surface area contributed by atoms with E-state index in [4.69, 9.17) is 14.2 Å². The van der Waals surface area contributed by atoms with Crippen LogP contribution in [0.25, 0.3) is 0 Å². The molecule has 2 fully saturated rings. The van der Waals surface area contributed by atoms with E-state index in [2.05, 4.69) is 10.7 Å². The van der Waals surface area contributed by atoms with E-state index in [1.165, 1.54) is 32.4 Å². The number of carbonyl (C=O) groups excluding carboxylic acids is 4. The minimum atomic E-state index is -0.945. The van der Waals surface area contributed by atoms with Gasteiger partial charge in [0.25, 0.3) is 11.8 Å². The molecular formula is C19H23N3O7. The fourth-order valence-electron chi connectivity index (χ4n) is 3.55. The number of esters is 1. The van der Waals surface area contributed by atoms with Gasteiger partial charge in [-0.25, -0.2) is 9.59 Å². The average Bonchev–Trinajstić information content (AvgIpc) is 2.95. The Kier molecular flexibility index (Phi) is 5.90. The molecule has 3 rings (SSSR count). The molecular weight excluding hydrogens is 382 g/mol. The molecule has 1 heterocycles. The van der Waals surface area contributed by atoms with Crippen LogP contribution in [0.2, 0.25) is 0 Å². The highest BCUT2D eigenvalue weighted by molar-refractivity contribution is 6.08.